The average Bonchev–Trinajstić information content (AvgIpc) is 2.78. The molecular weight excluding hydrogens is 293 g/mol. The standard InChI is InChI=1S/C11H13N3O2S2.Na/c1-8(7-9-5-3-2-4-6-9)10-12-13-11(17-10)14-18(15)16;/h2-6,8H,7H2,1H3,(H,13,14)(H,15,16);/p-1. The van der Waals surface area contributed by atoms with Crippen molar-refractivity contribution in [1.29, 1.82) is 0 Å². The van der Waals surface area contributed by atoms with Gasteiger partial charge in [0.1, 0.15) is 5.01 Å². The molecule has 0 aliphatic heterocycles. The second-order valence-electron chi connectivity index (χ2n) is 3.87. The van der Waals surface area contributed by atoms with E-state index in [0.717, 1.165) is 11.4 Å². The minimum absolute atomic E-state index is 0. The minimum atomic E-state index is -2.35. The van der Waals surface area contributed by atoms with Gasteiger partial charge in [-0.3, -0.25) is 8.93 Å². The third-order valence-corrected chi connectivity index (χ3v) is 3.98. The molecule has 0 spiro atoms. The van der Waals surface area contributed by atoms with Gasteiger partial charge in [0.25, 0.3) is 0 Å². The third kappa shape index (κ3) is 5.29. The fourth-order valence-electron chi connectivity index (χ4n) is 1.60. The summed E-state index contributed by atoms with van der Waals surface area (Å²) in [7, 11) is 0. The van der Waals surface area contributed by atoms with Gasteiger partial charge in [-0.05, 0) is 12.0 Å². The number of nitrogens with zero attached hydrogens (tertiary/aromatic N) is 2. The molecule has 0 fully saturated rings. The number of nitrogens with one attached hydrogen (secondary N) is 1. The average molecular weight is 305 g/mol. The molecule has 8 heteroatoms. The zero-order valence-electron chi connectivity index (χ0n) is 10.7. The largest absolute Gasteiger partial charge is 0.755 e. The summed E-state index contributed by atoms with van der Waals surface area (Å²) >= 11 is -1.08. The predicted molar refractivity (Wildman–Crippen MR) is 76.8 cm³/mol. The fraction of sp³-hybridized carbons (Fsp3) is 0.273. The molecule has 1 N–H and O–H groups in total. The quantitative estimate of drug-likeness (QED) is 0.674. The number of hydrogen-bond acceptors (Lipinski definition) is 5. The van der Waals surface area contributed by atoms with Crippen LogP contribution in [-0.4, -0.2) is 48.5 Å². The Morgan fingerprint density at radius 2 is 2.05 bits per heavy atom. The first kappa shape index (κ1) is 16.7. The molecule has 0 saturated carbocycles. The molecule has 19 heavy (non-hydrogen) atoms. The van der Waals surface area contributed by atoms with Gasteiger partial charge in [-0.1, -0.05) is 48.6 Å². The van der Waals surface area contributed by atoms with E-state index in [4.69, 9.17) is 0 Å². The van der Waals surface area contributed by atoms with E-state index in [1.165, 1.54) is 16.9 Å². The molecule has 1 heterocycles. The molecule has 0 saturated heterocycles. The van der Waals surface area contributed by atoms with E-state index < -0.39 is 11.3 Å². The van der Waals surface area contributed by atoms with Gasteiger partial charge in [0, 0.05) is 46.7 Å². The Balaban J connectivity index is 0.00000180. The maximum Gasteiger partial charge on any atom is 0.216 e. The summed E-state index contributed by atoms with van der Waals surface area (Å²) in [4.78, 5) is 0. The molecule has 2 unspecified atom stereocenters. The Labute approximate surface area is 140 Å². The first-order valence-corrected chi connectivity index (χ1v) is 7.27. The van der Waals surface area contributed by atoms with Crippen molar-refractivity contribution in [3.05, 3.63) is 40.9 Å². The van der Waals surface area contributed by atoms with Gasteiger partial charge in [-0.25, -0.2) is 0 Å². The Morgan fingerprint density at radius 1 is 1.37 bits per heavy atom. The van der Waals surface area contributed by atoms with Crippen LogP contribution in [0.5, 0.6) is 0 Å². The molecule has 0 bridgehead atoms. The van der Waals surface area contributed by atoms with Crippen LogP contribution in [0.1, 0.15) is 23.4 Å². The summed E-state index contributed by atoms with van der Waals surface area (Å²) in [5.41, 5.74) is 1.22. The first-order chi connectivity index (χ1) is 8.65. The topological polar surface area (TPSA) is 77.9 Å². The minimum Gasteiger partial charge on any atom is -0.755 e. The fourth-order valence-corrected chi connectivity index (χ4v) is 2.80. The van der Waals surface area contributed by atoms with Crippen LogP contribution >= 0.6 is 11.3 Å². The summed E-state index contributed by atoms with van der Waals surface area (Å²) in [6.07, 6.45) is 0.857. The molecule has 2 rings (SSSR count). The van der Waals surface area contributed by atoms with E-state index in [0.29, 0.717) is 5.13 Å². The number of hydrogen-bond donors (Lipinski definition) is 1. The molecule has 1 aromatic carbocycles. The van der Waals surface area contributed by atoms with E-state index in [1.807, 2.05) is 25.1 Å². The van der Waals surface area contributed by atoms with E-state index in [-0.39, 0.29) is 35.5 Å². The molecule has 1 aromatic heterocycles. The summed E-state index contributed by atoms with van der Waals surface area (Å²) in [6.45, 7) is 2.05. The van der Waals surface area contributed by atoms with Crippen molar-refractivity contribution in [3.63, 3.8) is 0 Å². The zero-order valence-corrected chi connectivity index (χ0v) is 14.3. The van der Waals surface area contributed by atoms with Crippen LogP contribution < -0.4 is 4.72 Å². The summed E-state index contributed by atoms with van der Waals surface area (Å²) in [5, 5.41) is 8.91. The van der Waals surface area contributed by atoms with Crippen molar-refractivity contribution in [2.75, 3.05) is 4.72 Å². The Morgan fingerprint density at radius 3 is 2.68 bits per heavy atom. The van der Waals surface area contributed by atoms with Gasteiger partial charge in [-0.2, -0.15) is 0 Å². The molecule has 97 valence electrons. The van der Waals surface area contributed by atoms with Crippen molar-refractivity contribution in [2.24, 2.45) is 0 Å². The SMILES string of the molecule is CC(Cc1ccccc1)c1nnc(NS(=O)[O-])s1.[Na]. The first-order valence-electron chi connectivity index (χ1n) is 5.38. The predicted octanol–water partition coefficient (Wildman–Crippen LogP) is 1.71. The zero-order chi connectivity index (χ0) is 13.0. The number of rotatable bonds is 5. The maximum absolute atomic E-state index is 10.5. The summed E-state index contributed by atoms with van der Waals surface area (Å²) < 4.78 is 23.1. The summed E-state index contributed by atoms with van der Waals surface area (Å²) in [6, 6.07) is 10.1. The number of benzene rings is 1. The van der Waals surface area contributed by atoms with Crippen molar-refractivity contribution >= 4 is 57.3 Å². The van der Waals surface area contributed by atoms with Gasteiger partial charge >= 0.3 is 0 Å². The van der Waals surface area contributed by atoms with Crippen LogP contribution in [0.15, 0.2) is 30.3 Å². The van der Waals surface area contributed by atoms with Gasteiger partial charge in [0.05, 0.1) is 0 Å². The monoisotopic (exact) mass is 305 g/mol. The molecule has 2 atom stereocenters. The van der Waals surface area contributed by atoms with Gasteiger partial charge in [-0.15, -0.1) is 10.2 Å². The van der Waals surface area contributed by atoms with E-state index in [9.17, 15) is 8.76 Å². The molecular formula is C11H12N3NaO2S2-. The van der Waals surface area contributed by atoms with Crippen molar-refractivity contribution in [1.82, 2.24) is 10.2 Å². The van der Waals surface area contributed by atoms with Crippen molar-refractivity contribution < 1.29 is 8.76 Å². The number of anilines is 1. The van der Waals surface area contributed by atoms with E-state index in [2.05, 4.69) is 27.1 Å². The Kier molecular flexibility index (Phi) is 7.12. The van der Waals surface area contributed by atoms with E-state index in [1.54, 1.807) is 0 Å². The van der Waals surface area contributed by atoms with Crippen molar-refractivity contribution in [3.8, 4) is 0 Å². The van der Waals surface area contributed by atoms with Crippen LogP contribution in [0.25, 0.3) is 0 Å². The Bertz CT molecular complexity index is 536. The van der Waals surface area contributed by atoms with Gasteiger partial charge in [0.15, 0.2) is 0 Å². The summed E-state index contributed by atoms with van der Waals surface area (Å²) in [5.74, 6) is 0.209. The molecule has 0 amide bonds. The number of aromatic nitrogens is 2. The normalized spacial score (nSPS) is 13.4. The van der Waals surface area contributed by atoms with Gasteiger partial charge in [0.2, 0.25) is 5.13 Å². The van der Waals surface area contributed by atoms with Crippen LogP contribution in [0.3, 0.4) is 0 Å². The second-order valence-corrected chi connectivity index (χ2v) is 5.56. The van der Waals surface area contributed by atoms with Crippen LogP contribution in [0, 0.1) is 0 Å². The molecule has 5 nitrogen and oxygen atoms in total. The Hall–Kier alpha value is -0.310. The van der Waals surface area contributed by atoms with Crippen molar-refractivity contribution in [2.45, 2.75) is 19.3 Å². The molecule has 2 aromatic rings. The third-order valence-electron chi connectivity index (χ3n) is 2.42. The molecule has 1 radical (unpaired) electrons. The molecule has 0 aliphatic carbocycles. The maximum atomic E-state index is 10.5. The van der Waals surface area contributed by atoms with Crippen LogP contribution in [0.2, 0.25) is 0 Å². The smallest absolute Gasteiger partial charge is 0.216 e. The second kappa shape index (κ2) is 8.08. The van der Waals surface area contributed by atoms with Crippen LogP contribution in [-0.2, 0) is 17.7 Å². The van der Waals surface area contributed by atoms with Crippen LogP contribution in [0.4, 0.5) is 5.13 Å². The van der Waals surface area contributed by atoms with Gasteiger partial charge < -0.3 is 4.55 Å². The molecule has 0 aliphatic rings. The van der Waals surface area contributed by atoms with E-state index >= 15 is 0 Å².